The molecule has 0 amide bonds. The van der Waals surface area contributed by atoms with Gasteiger partial charge in [-0.3, -0.25) is 0 Å². The van der Waals surface area contributed by atoms with Crippen LogP contribution in [0.15, 0.2) is 30.6 Å². The topological polar surface area (TPSA) is 29.9 Å². The van der Waals surface area contributed by atoms with E-state index in [1.807, 2.05) is 13.2 Å². The van der Waals surface area contributed by atoms with Crippen molar-refractivity contribution < 1.29 is 8.78 Å². The van der Waals surface area contributed by atoms with E-state index < -0.39 is 11.6 Å². The van der Waals surface area contributed by atoms with Crippen molar-refractivity contribution in [3.8, 4) is 0 Å². The quantitative estimate of drug-likeness (QED) is 0.850. The predicted molar refractivity (Wildman–Crippen MR) is 79.1 cm³/mol. The third-order valence-electron chi connectivity index (χ3n) is 3.57. The predicted octanol–water partition coefficient (Wildman–Crippen LogP) is 2.94. The van der Waals surface area contributed by atoms with Gasteiger partial charge in [0.05, 0.1) is 0 Å². The smallest absolute Gasteiger partial charge is 0.159 e. The Morgan fingerprint density at radius 1 is 1.24 bits per heavy atom. The Kier molecular flexibility index (Phi) is 5.44. The molecule has 0 bridgehead atoms. The maximum atomic E-state index is 13.3. The van der Waals surface area contributed by atoms with Crippen LogP contribution in [0.5, 0.6) is 0 Å². The van der Waals surface area contributed by atoms with E-state index in [-0.39, 0.29) is 6.04 Å². The number of nitrogens with zero attached hydrogens (tertiary/aromatic N) is 2. The third-order valence-corrected chi connectivity index (χ3v) is 3.57. The van der Waals surface area contributed by atoms with E-state index in [4.69, 9.17) is 0 Å². The summed E-state index contributed by atoms with van der Waals surface area (Å²) in [5.74, 6) is -0.591. The second-order valence-electron chi connectivity index (χ2n) is 5.18. The van der Waals surface area contributed by atoms with Crippen LogP contribution in [-0.4, -0.2) is 22.6 Å². The molecule has 21 heavy (non-hydrogen) atoms. The molecule has 1 aromatic heterocycles. The molecule has 5 heteroatoms. The Labute approximate surface area is 124 Å². The number of rotatable bonds is 7. The molecule has 3 nitrogen and oxygen atoms in total. The number of hydrogen-bond donors (Lipinski definition) is 1. The molecule has 114 valence electrons. The van der Waals surface area contributed by atoms with Crippen LogP contribution in [0.3, 0.4) is 0 Å². The molecule has 0 spiro atoms. The van der Waals surface area contributed by atoms with E-state index in [0.29, 0.717) is 6.42 Å². The fraction of sp³-hybridized carbons (Fsp3) is 0.438. The SMILES string of the molecule is CCCn1ccnc1CC(Cc1ccc(F)c(F)c1)NC. The summed E-state index contributed by atoms with van der Waals surface area (Å²) < 4.78 is 28.4. The lowest BCUT2D eigenvalue weighted by Gasteiger charge is -2.17. The second kappa shape index (κ2) is 7.31. The molecule has 1 aromatic carbocycles. The van der Waals surface area contributed by atoms with E-state index in [1.54, 1.807) is 12.3 Å². The summed E-state index contributed by atoms with van der Waals surface area (Å²) in [5.41, 5.74) is 0.779. The molecule has 1 unspecified atom stereocenters. The zero-order chi connectivity index (χ0) is 15.2. The lowest BCUT2D eigenvalue weighted by atomic mass is 10.0. The van der Waals surface area contributed by atoms with Gasteiger partial charge in [-0.2, -0.15) is 0 Å². The molecule has 0 aliphatic heterocycles. The van der Waals surface area contributed by atoms with Crippen LogP contribution in [0.1, 0.15) is 24.7 Å². The molecule has 2 rings (SSSR count). The van der Waals surface area contributed by atoms with Gasteiger partial charge in [-0.05, 0) is 37.6 Å². The maximum absolute atomic E-state index is 13.3. The van der Waals surface area contributed by atoms with E-state index >= 15 is 0 Å². The van der Waals surface area contributed by atoms with Gasteiger partial charge in [0.25, 0.3) is 0 Å². The van der Waals surface area contributed by atoms with Crippen LogP contribution < -0.4 is 5.32 Å². The highest BCUT2D eigenvalue weighted by molar-refractivity contribution is 5.19. The Morgan fingerprint density at radius 2 is 2.05 bits per heavy atom. The van der Waals surface area contributed by atoms with Crippen molar-refractivity contribution in [2.24, 2.45) is 0 Å². The maximum Gasteiger partial charge on any atom is 0.159 e. The van der Waals surface area contributed by atoms with Gasteiger partial charge in [-0.1, -0.05) is 13.0 Å². The van der Waals surface area contributed by atoms with Crippen molar-refractivity contribution in [1.82, 2.24) is 14.9 Å². The third kappa shape index (κ3) is 4.11. The van der Waals surface area contributed by atoms with Gasteiger partial charge in [0.15, 0.2) is 11.6 Å². The largest absolute Gasteiger partial charge is 0.335 e. The molecule has 0 aliphatic carbocycles. The van der Waals surface area contributed by atoms with Crippen molar-refractivity contribution in [3.63, 3.8) is 0 Å². The van der Waals surface area contributed by atoms with Crippen LogP contribution in [0, 0.1) is 11.6 Å². The summed E-state index contributed by atoms with van der Waals surface area (Å²) in [6.07, 6.45) is 6.21. The molecule has 1 heterocycles. The molecule has 0 saturated carbocycles. The Hall–Kier alpha value is -1.75. The van der Waals surface area contributed by atoms with Gasteiger partial charge in [0.1, 0.15) is 5.82 Å². The normalized spacial score (nSPS) is 12.6. The zero-order valence-corrected chi connectivity index (χ0v) is 12.4. The summed E-state index contributed by atoms with van der Waals surface area (Å²) in [6.45, 7) is 3.07. The van der Waals surface area contributed by atoms with Crippen LogP contribution in [-0.2, 0) is 19.4 Å². The number of hydrogen-bond acceptors (Lipinski definition) is 2. The fourth-order valence-corrected chi connectivity index (χ4v) is 2.42. The summed E-state index contributed by atoms with van der Waals surface area (Å²) >= 11 is 0. The monoisotopic (exact) mass is 293 g/mol. The number of nitrogens with one attached hydrogen (secondary N) is 1. The number of benzene rings is 1. The van der Waals surface area contributed by atoms with Crippen LogP contribution >= 0.6 is 0 Å². The summed E-state index contributed by atoms with van der Waals surface area (Å²) in [7, 11) is 1.87. The minimum atomic E-state index is -0.807. The summed E-state index contributed by atoms with van der Waals surface area (Å²) in [6, 6.07) is 4.20. The number of aromatic nitrogens is 2. The Balaban J connectivity index is 2.05. The fourth-order valence-electron chi connectivity index (χ4n) is 2.42. The van der Waals surface area contributed by atoms with Crippen molar-refractivity contribution in [2.45, 2.75) is 38.8 Å². The van der Waals surface area contributed by atoms with Crippen LogP contribution in [0.25, 0.3) is 0 Å². The number of aryl methyl sites for hydroxylation is 1. The molecule has 2 aromatic rings. The molecule has 1 atom stereocenters. The van der Waals surface area contributed by atoms with Gasteiger partial charge in [0.2, 0.25) is 0 Å². The minimum Gasteiger partial charge on any atom is -0.335 e. The van der Waals surface area contributed by atoms with E-state index in [0.717, 1.165) is 30.8 Å². The zero-order valence-electron chi connectivity index (χ0n) is 12.4. The number of imidazole rings is 1. The average Bonchev–Trinajstić information content (AvgIpc) is 2.90. The summed E-state index contributed by atoms with van der Waals surface area (Å²) in [5, 5.41) is 3.22. The molecular formula is C16H21F2N3. The minimum absolute atomic E-state index is 0.132. The van der Waals surface area contributed by atoms with Crippen molar-refractivity contribution in [3.05, 3.63) is 53.6 Å². The van der Waals surface area contributed by atoms with Crippen molar-refractivity contribution >= 4 is 0 Å². The van der Waals surface area contributed by atoms with Gasteiger partial charge in [-0.15, -0.1) is 0 Å². The lowest BCUT2D eigenvalue weighted by molar-refractivity contribution is 0.498. The van der Waals surface area contributed by atoms with Crippen molar-refractivity contribution in [1.29, 1.82) is 0 Å². The molecule has 1 N–H and O–H groups in total. The van der Waals surface area contributed by atoms with Crippen LogP contribution in [0.4, 0.5) is 8.78 Å². The molecular weight excluding hydrogens is 272 g/mol. The van der Waals surface area contributed by atoms with Gasteiger partial charge >= 0.3 is 0 Å². The first kappa shape index (κ1) is 15.6. The summed E-state index contributed by atoms with van der Waals surface area (Å²) in [4.78, 5) is 4.38. The molecule has 0 saturated heterocycles. The van der Waals surface area contributed by atoms with Gasteiger partial charge < -0.3 is 9.88 Å². The highest BCUT2D eigenvalue weighted by Crippen LogP contribution is 2.12. The van der Waals surface area contributed by atoms with Crippen molar-refractivity contribution in [2.75, 3.05) is 7.05 Å². The standard InChI is InChI=1S/C16H21F2N3/c1-3-7-21-8-6-20-16(21)11-13(19-2)9-12-4-5-14(17)15(18)10-12/h4-6,8,10,13,19H,3,7,9,11H2,1-2H3. The first-order valence-corrected chi connectivity index (χ1v) is 7.25. The molecule has 0 fully saturated rings. The van der Waals surface area contributed by atoms with Crippen LogP contribution in [0.2, 0.25) is 0 Å². The molecule has 0 aliphatic rings. The van der Waals surface area contributed by atoms with E-state index in [1.165, 1.54) is 12.1 Å². The highest BCUT2D eigenvalue weighted by atomic mass is 19.2. The number of halogens is 2. The van der Waals surface area contributed by atoms with E-state index in [2.05, 4.69) is 21.8 Å². The Morgan fingerprint density at radius 3 is 2.71 bits per heavy atom. The second-order valence-corrected chi connectivity index (χ2v) is 5.18. The molecule has 0 radical (unpaired) electrons. The van der Waals surface area contributed by atoms with Gasteiger partial charge in [0, 0.05) is 31.4 Å². The van der Waals surface area contributed by atoms with Gasteiger partial charge in [-0.25, -0.2) is 13.8 Å². The first-order valence-electron chi connectivity index (χ1n) is 7.25. The van der Waals surface area contributed by atoms with E-state index in [9.17, 15) is 8.78 Å². The number of likely N-dealkylation sites (N-methyl/N-ethyl adjacent to an activating group) is 1. The Bertz CT molecular complexity index is 581. The highest BCUT2D eigenvalue weighted by Gasteiger charge is 2.13. The average molecular weight is 293 g/mol. The first-order chi connectivity index (χ1) is 10.1. The lowest BCUT2D eigenvalue weighted by Crippen LogP contribution is -2.31.